The zero-order chi connectivity index (χ0) is 20.5. The second kappa shape index (κ2) is 10.7. The molecule has 0 bridgehead atoms. The molecule has 1 saturated heterocycles. The van der Waals surface area contributed by atoms with Gasteiger partial charge in [0.05, 0.1) is 13.2 Å². The molecular weight excluding hydrogens is 366 g/mol. The van der Waals surface area contributed by atoms with Crippen molar-refractivity contribution in [2.24, 2.45) is 5.73 Å². The van der Waals surface area contributed by atoms with Crippen LogP contribution in [0, 0.1) is 0 Å². The molecule has 1 fully saturated rings. The molecule has 1 heterocycles. The van der Waals surface area contributed by atoms with Gasteiger partial charge in [0.25, 0.3) is 5.91 Å². The van der Waals surface area contributed by atoms with Gasteiger partial charge in [-0.3, -0.25) is 9.59 Å². The van der Waals surface area contributed by atoms with Gasteiger partial charge >= 0.3 is 0 Å². The van der Waals surface area contributed by atoms with E-state index < -0.39 is 6.04 Å². The van der Waals surface area contributed by atoms with E-state index >= 15 is 0 Å². The molecule has 0 unspecified atom stereocenters. The number of carbonyl (C=O) groups excluding carboxylic acids is 2. The van der Waals surface area contributed by atoms with E-state index in [0.29, 0.717) is 44.8 Å². The highest BCUT2D eigenvalue weighted by molar-refractivity contribution is 5.97. The van der Waals surface area contributed by atoms with Crippen molar-refractivity contribution in [3.05, 3.63) is 60.2 Å². The lowest BCUT2D eigenvalue weighted by Crippen LogP contribution is -2.51. The summed E-state index contributed by atoms with van der Waals surface area (Å²) in [5.74, 6) is -0.274. The lowest BCUT2D eigenvalue weighted by atomic mass is 10.0. The van der Waals surface area contributed by atoms with Crippen molar-refractivity contribution in [2.75, 3.05) is 32.8 Å². The summed E-state index contributed by atoms with van der Waals surface area (Å²) in [6.07, 6.45) is 2.21. The summed E-state index contributed by atoms with van der Waals surface area (Å²) >= 11 is 0. The van der Waals surface area contributed by atoms with Crippen LogP contribution in [0.1, 0.15) is 29.6 Å². The third kappa shape index (κ3) is 5.89. The van der Waals surface area contributed by atoms with E-state index in [-0.39, 0.29) is 11.8 Å². The summed E-state index contributed by atoms with van der Waals surface area (Å²) in [6, 6.07) is 16.9. The minimum absolute atomic E-state index is 0.0421. The molecule has 3 rings (SSSR count). The van der Waals surface area contributed by atoms with Gasteiger partial charge in [0.15, 0.2) is 0 Å². The largest absolute Gasteiger partial charge is 0.378 e. The van der Waals surface area contributed by atoms with Crippen molar-refractivity contribution >= 4 is 11.8 Å². The molecule has 0 saturated carbocycles. The number of nitrogens with zero attached hydrogens (tertiary/aromatic N) is 1. The van der Waals surface area contributed by atoms with Crippen molar-refractivity contribution in [3.8, 4) is 11.1 Å². The maximum Gasteiger partial charge on any atom is 0.251 e. The van der Waals surface area contributed by atoms with Gasteiger partial charge < -0.3 is 20.7 Å². The number of ether oxygens (including phenoxy) is 1. The number of nitrogens with two attached hydrogens (primary N) is 1. The Morgan fingerprint density at radius 1 is 0.966 bits per heavy atom. The first kappa shape index (κ1) is 21.0. The summed E-state index contributed by atoms with van der Waals surface area (Å²) in [7, 11) is 0. The van der Waals surface area contributed by atoms with Gasteiger partial charge in [0.2, 0.25) is 5.91 Å². The Kier molecular flexibility index (Phi) is 7.78. The number of carbonyl (C=O) groups is 2. The highest BCUT2D eigenvalue weighted by Gasteiger charge is 2.27. The van der Waals surface area contributed by atoms with Gasteiger partial charge in [-0.2, -0.15) is 0 Å². The first-order valence-corrected chi connectivity index (χ1v) is 10.2. The quantitative estimate of drug-likeness (QED) is 0.673. The average Bonchev–Trinajstić information content (AvgIpc) is 2.79. The molecule has 0 radical (unpaired) electrons. The Bertz CT molecular complexity index is 787. The Hall–Kier alpha value is -2.70. The Labute approximate surface area is 172 Å². The smallest absolute Gasteiger partial charge is 0.251 e. The summed E-state index contributed by atoms with van der Waals surface area (Å²) in [5, 5.41) is 2.94. The van der Waals surface area contributed by atoms with Gasteiger partial charge in [-0.05, 0) is 49.1 Å². The summed E-state index contributed by atoms with van der Waals surface area (Å²) in [5.41, 5.74) is 8.28. The number of nitrogens with one attached hydrogen (secondary N) is 1. The van der Waals surface area contributed by atoms with E-state index in [4.69, 9.17) is 10.5 Å². The van der Waals surface area contributed by atoms with Crippen LogP contribution in [-0.2, 0) is 9.53 Å². The molecule has 3 N–H and O–H groups in total. The Morgan fingerprint density at radius 3 is 2.28 bits per heavy atom. The zero-order valence-corrected chi connectivity index (χ0v) is 16.7. The number of amides is 2. The Morgan fingerprint density at radius 2 is 1.62 bits per heavy atom. The topological polar surface area (TPSA) is 84.7 Å². The molecule has 6 nitrogen and oxygen atoms in total. The van der Waals surface area contributed by atoms with Crippen LogP contribution >= 0.6 is 0 Å². The second-order valence-corrected chi connectivity index (χ2v) is 7.19. The summed E-state index contributed by atoms with van der Waals surface area (Å²) in [6.45, 7) is 2.78. The molecule has 0 spiro atoms. The second-order valence-electron chi connectivity index (χ2n) is 7.19. The molecule has 154 valence electrons. The fraction of sp³-hybridized carbons (Fsp3) is 0.391. The molecule has 0 aromatic heterocycles. The number of rotatable bonds is 8. The van der Waals surface area contributed by atoms with Crippen molar-refractivity contribution < 1.29 is 14.3 Å². The van der Waals surface area contributed by atoms with Crippen molar-refractivity contribution in [2.45, 2.75) is 25.3 Å². The zero-order valence-electron chi connectivity index (χ0n) is 16.7. The fourth-order valence-corrected chi connectivity index (χ4v) is 3.44. The standard InChI is InChI=1S/C23H29N3O3/c24-13-5-4-8-21(23(28)26-14-16-29-17-15-26)25-22(27)20-11-9-19(10-12-20)18-6-2-1-3-7-18/h1-3,6-7,9-12,21H,4-5,8,13-17,24H2,(H,25,27)/t21-/m0/s1. The Balaban J connectivity index is 1.67. The number of unbranched alkanes of at least 4 members (excludes halogenated alkanes) is 1. The van der Waals surface area contributed by atoms with Crippen LogP contribution in [0.25, 0.3) is 11.1 Å². The highest BCUT2D eigenvalue weighted by Crippen LogP contribution is 2.19. The van der Waals surface area contributed by atoms with Crippen molar-refractivity contribution in [1.82, 2.24) is 10.2 Å². The molecule has 1 aliphatic rings. The van der Waals surface area contributed by atoms with E-state index in [1.807, 2.05) is 42.5 Å². The number of benzene rings is 2. The summed E-state index contributed by atoms with van der Waals surface area (Å²) in [4.78, 5) is 27.5. The molecule has 2 amide bonds. The molecule has 29 heavy (non-hydrogen) atoms. The van der Waals surface area contributed by atoms with Gasteiger partial charge in [0, 0.05) is 18.7 Å². The van der Waals surface area contributed by atoms with Gasteiger partial charge in [-0.1, -0.05) is 42.5 Å². The van der Waals surface area contributed by atoms with E-state index in [2.05, 4.69) is 5.32 Å². The lowest BCUT2D eigenvalue weighted by Gasteiger charge is -2.30. The van der Waals surface area contributed by atoms with Crippen molar-refractivity contribution in [3.63, 3.8) is 0 Å². The number of hydrogen-bond donors (Lipinski definition) is 2. The predicted molar refractivity (Wildman–Crippen MR) is 113 cm³/mol. The van der Waals surface area contributed by atoms with Crippen LogP contribution in [-0.4, -0.2) is 55.6 Å². The first-order valence-electron chi connectivity index (χ1n) is 10.2. The maximum absolute atomic E-state index is 12.9. The lowest BCUT2D eigenvalue weighted by molar-refractivity contribution is -0.137. The third-order valence-electron chi connectivity index (χ3n) is 5.13. The van der Waals surface area contributed by atoms with E-state index in [1.54, 1.807) is 17.0 Å². The van der Waals surface area contributed by atoms with E-state index in [0.717, 1.165) is 24.0 Å². The highest BCUT2D eigenvalue weighted by atomic mass is 16.5. The molecular formula is C23H29N3O3. The van der Waals surface area contributed by atoms with Crippen molar-refractivity contribution in [1.29, 1.82) is 0 Å². The monoisotopic (exact) mass is 395 g/mol. The first-order chi connectivity index (χ1) is 14.2. The van der Waals surface area contributed by atoms with Crippen LogP contribution in [0.5, 0.6) is 0 Å². The van der Waals surface area contributed by atoms with Crippen LogP contribution in [0.2, 0.25) is 0 Å². The minimum atomic E-state index is -0.541. The molecule has 0 aliphatic carbocycles. The molecule has 1 atom stereocenters. The summed E-state index contributed by atoms with van der Waals surface area (Å²) < 4.78 is 5.33. The molecule has 1 aliphatic heterocycles. The predicted octanol–water partition coefficient (Wildman–Crippen LogP) is 2.44. The van der Waals surface area contributed by atoms with Crippen LogP contribution < -0.4 is 11.1 Å². The van der Waals surface area contributed by atoms with Gasteiger partial charge in [0.1, 0.15) is 6.04 Å². The number of morpholine rings is 1. The van der Waals surface area contributed by atoms with Gasteiger partial charge in [-0.15, -0.1) is 0 Å². The molecule has 2 aromatic rings. The third-order valence-corrected chi connectivity index (χ3v) is 5.13. The fourth-order valence-electron chi connectivity index (χ4n) is 3.44. The van der Waals surface area contributed by atoms with Crippen LogP contribution in [0.15, 0.2) is 54.6 Å². The average molecular weight is 396 g/mol. The molecule has 2 aromatic carbocycles. The van der Waals surface area contributed by atoms with Crippen LogP contribution in [0.4, 0.5) is 0 Å². The van der Waals surface area contributed by atoms with E-state index in [1.165, 1.54) is 0 Å². The van der Waals surface area contributed by atoms with Crippen LogP contribution in [0.3, 0.4) is 0 Å². The normalized spacial score (nSPS) is 15.0. The number of hydrogen-bond acceptors (Lipinski definition) is 4. The SMILES string of the molecule is NCCCC[C@H](NC(=O)c1ccc(-c2ccccc2)cc1)C(=O)N1CCOCC1. The molecule has 6 heteroatoms. The maximum atomic E-state index is 12.9. The minimum Gasteiger partial charge on any atom is -0.378 e. The van der Waals surface area contributed by atoms with Gasteiger partial charge in [-0.25, -0.2) is 0 Å². The van der Waals surface area contributed by atoms with E-state index in [9.17, 15) is 9.59 Å².